The molecule has 0 bridgehead atoms. The number of fused-ring (bicyclic) bond motifs is 5. The summed E-state index contributed by atoms with van der Waals surface area (Å²) >= 11 is 0. The van der Waals surface area contributed by atoms with Gasteiger partial charge in [-0.2, -0.15) is 0 Å². The Balaban J connectivity index is 1.84. The monoisotopic (exact) mass is 318 g/mol. The lowest BCUT2D eigenvalue weighted by Gasteiger charge is -2.33. The molecule has 2 aliphatic rings. The van der Waals surface area contributed by atoms with Crippen LogP contribution in [0.1, 0.15) is 17.2 Å². The van der Waals surface area contributed by atoms with Crippen LogP contribution in [-0.4, -0.2) is 36.2 Å². The molecule has 0 spiro atoms. The average molecular weight is 318 g/mol. The van der Waals surface area contributed by atoms with E-state index in [0.29, 0.717) is 0 Å². The molecule has 2 aromatic carbocycles. The minimum absolute atomic E-state index is 0.0122. The number of aromatic nitrogens is 1. The molecule has 1 aliphatic heterocycles. The molecule has 1 saturated heterocycles. The number of rotatable bonds is 1. The van der Waals surface area contributed by atoms with Crippen LogP contribution in [0.25, 0.3) is 22.0 Å². The van der Waals surface area contributed by atoms with E-state index in [2.05, 4.69) is 34.1 Å². The van der Waals surface area contributed by atoms with Crippen LogP contribution >= 0.6 is 0 Å². The predicted molar refractivity (Wildman–Crippen MR) is 94.2 cm³/mol. The van der Waals surface area contributed by atoms with Gasteiger partial charge in [-0.05, 0) is 17.0 Å². The lowest BCUT2D eigenvalue weighted by Crippen LogP contribution is -2.39. The predicted octanol–water partition coefficient (Wildman–Crippen LogP) is 2.93. The van der Waals surface area contributed by atoms with E-state index < -0.39 is 0 Å². The fourth-order valence-electron chi connectivity index (χ4n) is 4.13. The van der Waals surface area contributed by atoms with Crippen LogP contribution in [0.2, 0.25) is 0 Å². The number of nitrogens with zero attached hydrogens (tertiary/aromatic N) is 1. The van der Waals surface area contributed by atoms with Gasteiger partial charge in [0.15, 0.2) is 0 Å². The van der Waals surface area contributed by atoms with E-state index >= 15 is 0 Å². The van der Waals surface area contributed by atoms with Crippen molar-refractivity contribution in [1.29, 1.82) is 0 Å². The molecule has 3 aromatic rings. The van der Waals surface area contributed by atoms with Crippen LogP contribution in [-0.2, 0) is 4.74 Å². The highest BCUT2D eigenvalue weighted by Crippen LogP contribution is 2.47. The summed E-state index contributed by atoms with van der Waals surface area (Å²) in [5.74, 6) is 0. The zero-order valence-corrected chi connectivity index (χ0v) is 13.3. The van der Waals surface area contributed by atoms with Gasteiger partial charge in [0.25, 0.3) is 5.56 Å². The van der Waals surface area contributed by atoms with Crippen molar-refractivity contribution in [3.63, 3.8) is 0 Å². The van der Waals surface area contributed by atoms with Crippen molar-refractivity contribution in [2.45, 2.75) is 6.04 Å². The number of benzene rings is 2. The summed E-state index contributed by atoms with van der Waals surface area (Å²) in [6.07, 6.45) is 0. The maximum absolute atomic E-state index is 12.5. The van der Waals surface area contributed by atoms with Crippen molar-refractivity contribution in [2.75, 3.05) is 26.3 Å². The molecule has 24 heavy (non-hydrogen) atoms. The lowest BCUT2D eigenvalue weighted by atomic mass is 9.98. The number of nitrogens with one attached hydrogen (secondary N) is 1. The molecule has 0 amide bonds. The minimum atomic E-state index is -0.0122. The van der Waals surface area contributed by atoms with Gasteiger partial charge in [0.05, 0.1) is 24.9 Å². The Bertz CT molecular complexity index is 986. The number of morpholine rings is 1. The van der Waals surface area contributed by atoms with Gasteiger partial charge >= 0.3 is 0 Å². The van der Waals surface area contributed by atoms with E-state index in [1.54, 1.807) is 0 Å². The fourth-order valence-corrected chi connectivity index (χ4v) is 4.13. The zero-order valence-electron chi connectivity index (χ0n) is 13.3. The number of H-pyrrole nitrogens is 1. The van der Waals surface area contributed by atoms with E-state index in [1.807, 2.05) is 24.3 Å². The molecule has 1 aromatic heterocycles. The second-order valence-corrected chi connectivity index (χ2v) is 6.43. The fraction of sp³-hybridized carbons (Fsp3) is 0.250. The first kappa shape index (κ1) is 14.0. The van der Waals surface area contributed by atoms with Crippen molar-refractivity contribution in [2.24, 2.45) is 0 Å². The van der Waals surface area contributed by atoms with Crippen molar-refractivity contribution in [3.8, 4) is 11.3 Å². The highest BCUT2D eigenvalue weighted by molar-refractivity contribution is 5.93. The van der Waals surface area contributed by atoms with Gasteiger partial charge in [0.2, 0.25) is 0 Å². The summed E-state index contributed by atoms with van der Waals surface area (Å²) in [5, 5.41) is 1.83. The van der Waals surface area contributed by atoms with Crippen LogP contribution in [0.15, 0.2) is 53.3 Å². The van der Waals surface area contributed by atoms with E-state index in [0.717, 1.165) is 48.3 Å². The Hall–Kier alpha value is -2.43. The molecular weight excluding hydrogens is 300 g/mol. The van der Waals surface area contributed by atoms with Crippen LogP contribution < -0.4 is 5.56 Å². The molecule has 5 rings (SSSR count). The first-order valence-corrected chi connectivity index (χ1v) is 8.40. The van der Waals surface area contributed by atoms with Gasteiger partial charge in [-0.3, -0.25) is 9.69 Å². The Morgan fingerprint density at radius 1 is 0.958 bits per heavy atom. The van der Waals surface area contributed by atoms with Crippen molar-refractivity contribution in [1.82, 2.24) is 9.88 Å². The van der Waals surface area contributed by atoms with Gasteiger partial charge in [-0.25, -0.2) is 0 Å². The number of aromatic amines is 1. The first-order valence-electron chi connectivity index (χ1n) is 8.40. The maximum Gasteiger partial charge on any atom is 0.256 e. The third-order valence-electron chi connectivity index (χ3n) is 5.18. The molecule has 0 radical (unpaired) electrons. The Labute approximate surface area is 139 Å². The van der Waals surface area contributed by atoms with Crippen LogP contribution in [0.5, 0.6) is 0 Å². The van der Waals surface area contributed by atoms with E-state index in [-0.39, 0.29) is 11.6 Å². The topological polar surface area (TPSA) is 45.3 Å². The Kier molecular flexibility index (Phi) is 3.08. The van der Waals surface area contributed by atoms with E-state index in [1.165, 1.54) is 11.1 Å². The van der Waals surface area contributed by atoms with Crippen LogP contribution in [0.4, 0.5) is 0 Å². The third-order valence-corrected chi connectivity index (χ3v) is 5.18. The lowest BCUT2D eigenvalue weighted by molar-refractivity contribution is 0.0249. The number of hydrogen-bond acceptors (Lipinski definition) is 3. The quantitative estimate of drug-likeness (QED) is 0.750. The number of hydrogen-bond donors (Lipinski definition) is 1. The average Bonchev–Trinajstić information content (AvgIpc) is 2.97. The van der Waals surface area contributed by atoms with Gasteiger partial charge in [-0.15, -0.1) is 0 Å². The molecular formula is C20H18N2O2. The molecule has 1 fully saturated rings. The molecule has 4 heteroatoms. The molecule has 4 nitrogen and oxygen atoms in total. The van der Waals surface area contributed by atoms with Crippen molar-refractivity contribution < 1.29 is 4.74 Å². The summed E-state index contributed by atoms with van der Waals surface area (Å²) in [6.45, 7) is 3.34. The van der Waals surface area contributed by atoms with Gasteiger partial charge in [-0.1, -0.05) is 42.5 Å². The third kappa shape index (κ3) is 1.90. The van der Waals surface area contributed by atoms with Crippen molar-refractivity contribution >= 4 is 10.8 Å². The molecule has 0 saturated carbocycles. The summed E-state index contributed by atoms with van der Waals surface area (Å²) in [6, 6.07) is 16.5. The zero-order chi connectivity index (χ0) is 16.1. The second kappa shape index (κ2) is 5.30. The highest BCUT2D eigenvalue weighted by atomic mass is 16.5. The summed E-state index contributed by atoms with van der Waals surface area (Å²) < 4.78 is 5.54. The SMILES string of the molecule is O=c1[nH]c2c(c3ccccc13)C(N1CCOCC1)c1ccccc1-2. The highest BCUT2D eigenvalue weighted by Gasteiger charge is 2.35. The maximum atomic E-state index is 12.5. The summed E-state index contributed by atoms with van der Waals surface area (Å²) in [5.41, 5.74) is 4.62. The largest absolute Gasteiger partial charge is 0.379 e. The molecule has 1 aliphatic carbocycles. The molecule has 2 heterocycles. The number of ether oxygens (including phenoxy) is 1. The van der Waals surface area contributed by atoms with Gasteiger partial charge in [0, 0.05) is 29.6 Å². The molecule has 1 unspecified atom stereocenters. The summed E-state index contributed by atoms with van der Waals surface area (Å²) in [4.78, 5) is 18.2. The normalized spacial score (nSPS) is 20.1. The smallest absolute Gasteiger partial charge is 0.256 e. The first-order chi connectivity index (χ1) is 11.8. The van der Waals surface area contributed by atoms with E-state index in [9.17, 15) is 4.79 Å². The molecule has 1 atom stereocenters. The standard InChI is InChI=1S/C20H18N2O2/c23-20-16-8-4-1-5-13(16)17-18(21-20)14-6-2-3-7-15(14)19(17)22-9-11-24-12-10-22/h1-8,19H,9-12H2,(H,21,23). The van der Waals surface area contributed by atoms with Gasteiger partial charge < -0.3 is 9.72 Å². The molecule has 120 valence electrons. The number of pyridine rings is 1. The van der Waals surface area contributed by atoms with E-state index in [4.69, 9.17) is 4.74 Å². The Morgan fingerprint density at radius 2 is 1.67 bits per heavy atom. The molecule has 1 N–H and O–H groups in total. The minimum Gasteiger partial charge on any atom is -0.379 e. The van der Waals surface area contributed by atoms with Crippen LogP contribution in [0.3, 0.4) is 0 Å². The Morgan fingerprint density at radius 3 is 2.50 bits per heavy atom. The van der Waals surface area contributed by atoms with Crippen molar-refractivity contribution in [3.05, 3.63) is 70.0 Å². The van der Waals surface area contributed by atoms with Gasteiger partial charge in [0.1, 0.15) is 0 Å². The summed E-state index contributed by atoms with van der Waals surface area (Å²) in [7, 11) is 0. The van der Waals surface area contributed by atoms with Crippen LogP contribution in [0, 0.1) is 0 Å². The second-order valence-electron chi connectivity index (χ2n) is 6.43.